The number of fused-ring (bicyclic) bond motifs is 2. The second-order valence-corrected chi connectivity index (χ2v) is 17.1. The van der Waals surface area contributed by atoms with Crippen molar-refractivity contribution in [2.45, 2.75) is 122 Å². The first-order valence-electron chi connectivity index (χ1n) is 13.2. The highest BCUT2D eigenvalue weighted by Gasteiger charge is 2.71. The predicted molar refractivity (Wildman–Crippen MR) is 131 cm³/mol. The zero-order chi connectivity index (χ0) is 23.2. The van der Waals surface area contributed by atoms with Crippen LogP contribution in [0.1, 0.15) is 85.5 Å². The molecular formula is C27H46O4Si. The number of aliphatic hydroxyl groups excluding tert-OH is 1. The summed E-state index contributed by atoms with van der Waals surface area (Å²) < 4.78 is 19.3. The highest BCUT2D eigenvalue weighted by Crippen LogP contribution is 2.67. The molecule has 0 aromatic carbocycles. The first kappa shape index (κ1) is 24.7. The van der Waals surface area contributed by atoms with Gasteiger partial charge in [0, 0.05) is 11.8 Å². The Kier molecular flexibility index (Phi) is 6.96. The van der Waals surface area contributed by atoms with Crippen LogP contribution < -0.4 is 0 Å². The van der Waals surface area contributed by atoms with Crippen molar-refractivity contribution in [3.05, 3.63) is 0 Å². The number of rotatable bonds is 4. The Morgan fingerprint density at radius 1 is 1.09 bits per heavy atom. The van der Waals surface area contributed by atoms with Gasteiger partial charge in [0.1, 0.15) is 6.10 Å². The Morgan fingerprint density at radius 2 is 1.75 bits per heavy atom. The third kappa shape index (κ3) is 4.13. The molecule has 5 unspecified atom stereocenters. The summed E-state index contributed by atoms with van der Waals surface area (Å²) in [6.45, 7) is 15.2. The Hall–Kier alpha value is -0.383. The zero-order valence-corrected chi connectivity index (χ0v) is 22.3. The van der Waals surface area contributed by atoms with E-state index in [9.17, 15) is 5.11 Å². The van der Waals surface area contributed by atoms with E-state index in [1.54, 1.807) is 0 Å². The second-order valence-electron chi connectivity index (χ2n) is 12.4. The predicted octanol–water partition coefficient (Wildman–Crippen LogP) is 5.89. The maximum atomic E-state index is 11.0. The van der Waals surface area contributed by atoms with Crippen molar-refractivity contribution in [1.82, 2.24) is 0 Å². The molecule has 1 spiro atoms. The number of hydrogen-bond donors (Lipinski definition) is 1. The van der Waals surface area contributed by atoms with Gasteiger partial charge < -0.3 is 19.0 Å². The maximum Gasteiger partial charge on any atom is 0.193 e. The Balaban J connectivity index is 1.58. The van der Waals surface area contributed by atoms with Gasteiger partial charge in [-0.25, -0.2) is 0 Å². The van der Waals surface area contributed by atoms with Gasteiger partial charge >= 0.3 is 0 Å². The lowest BCUT2D eigenvalue weighted by Gasteiger charge is -2.65. The summed E-state index contributed by atoms with van der Waals surface area (Å²) in [6, 6.07) is 0. The lowest BCUT2D eigenvalue weighted by molar-refractivity contribution is -0.351. The topological polar surface area (TPSA) is 47.9 Å². The summed E-state index contributed by atoms with van der Waals surface area (Å²) in [6.07, 6.45) is 9.63. The summed E-state index contributed by atoms with van der Waals surface area (Å²) in [4.78, 5) is 0. The zero-order valence-electron chi connectivity index (χ0n) is 21.3. The summed E-state index contributed by atoms with van der Waals surface area (Å²) in [5.41, 5.74) is 0.00268. The molecule has 0 amide bonds. The summed E-state index contributed by atoms with van der Waals surface area (Å²) >= 11 is 0. The molecule has 5 atom stereocenters. The minimum atomic E-state index is -1.93. The van der Waals surface area contributed by atoms with Crippen LogP contribution in [0.5, 0.6) is 0 Å². The lowest BCUT2D eigenvalue weighted by Crippen LogP contribution is -2.68. The molecule has 0 aromatic heterocycles. The van der Waals surface area contributed by atoms with Crippen molar-refractivity contribution in [2.24, 2.45) is 23.2 Å². The minimum Gasteiger partial charge on any atom is -0.403 e. The van der Waals surface area contributed by atoms with Crippen LogP contribution in [0.25, 0.3) is 0 Å². The van der Waals surface area contributed by atoms with Gasteiger partial charge in [-0.2, -0.15) is 0 Å². The van der Waals surface area contributed by atoms with Crippen molar-refractivity contribution >= 4 is 8.32 Å². The molecule has 0 aromatic rings. The number of hydrogen-bond acceptors (Lipinski definition) is 4. The fourth-order valence-corrected chi connectivity index (χ4v) is 7.90. The highest BCUT2D eigenvalue weighted by molar-refractivity contribution is 6.74. The van der Waals surface area contributed by atoms with Gasteiger partial charge in [-0.1, -0.05) is 58.8 Å². The molecule has 4 aliphatic rings. The lowest BCUT2D eigenvalue weighted by atomic mass is 9.45. The Labute approximate surface area is 197 Å². The normalized spacial score (nSPS) is 36.2. The highest BCUT2D eigenvalue weighted by atomic mass is 28.4. The molecule has 4 fully saturated rings. The molecule has 0 radical (unpaired) electrons. The van der Waals surface area contributed by atoms with Gasteiger partial charge in [0.05, 0.1) is 25.2 Å². The summed E-state index contributed by atoms with van der Waals surface area (Å²) in [5.74, 6) is 7.72. The molecule has 32 heavy (non-hydrogen) atoms. The molecule has 5 heteroatoms. The average Bonchev–Trinajstić information content (AvgIpc) is 3.24. The molecule has 1 saturated heterocycles. The van der Waals surface area contributed by atoms with E-state index in [4.69, 9.17) is 13.9 Å². The first-order valence-corrected chi connectivity index (χ1v) is 16.1. The monoisotopic (exact) mass is 462 g/mol. The molecule has 182 valence electrons. The van der Waals surface area contributed by atoms with Crippen molar-refractivity contribution in [3.63, 3.8) is 0 Å². The van der Waals surface area contributed by atoms with E-state index < -0.39 is 14.1 Å². The van der Waals surface area contributed by atoms with Crippen LogP contribution >= 0.6 is 0 Å². The standard InChI is InChI=1S/C27H46O4Si/c1-7-26-16-15-23(28)21(22(26)19-27(26)29-17-18-30-27)13-14-24(20-11-9-8-10-12-20)31-32(5,6)25(2,3)4/h20-24,28H,7-12,15-19H2,1-6H3. The van der Waals surface area contributed by atoms with E-state index in [1.807, 2.05) is 0 Å². The van der Waals surface area contributed by atoms with Gasteiger partial charge in [0.15, 0.2) is 14.1 Å². The van der Waals surface area contributed by atoms with Crippen molar-refractivity contribution in [2.75, 3.05) is 13.2 Å². The Morgan fingerprint density at radius 3 is 2.34 bits per heavy atom. The van der Waals surface area contributed by atoms with E-state index >= 15 is 0 Å². The van der Waals surface area contributed by atoms with E-state index in [0.717, 1.165) is 25.7 Å². The van der Waals surface area contributed by atoms with Crippen LogP contribution in [0.2, 0.25) is 18.1 Å². The molecular weight excluding hydrogens is 416 g/mol. The van der Waals surface area contributed by atoms with E-state index in [-0.39, 0.29) is 28.6 Å². The molecule has 4 nitrogen and oxygen atoms in total. The third-order valence-electron chi connectivity index (χ3n) is 9.77. The fourth-order valence-electron chi connectivity index (χ4n) is 6.66. The molecule has 1 N–H and O–H groups in total. The average molecular weight is 463 g/mol. The smallest absolute Gasteiger partial charge is 0.193 e. The third-order valence-corrected chi connectivity index (χ3v) is 14.2. The molecule has 4 rings (SSSR count). The molecule has 1 heterocycles. The van der Waals surface area contributed by atoms with Crippen molar-refractivity contribution in [3.8, 4) is 11.8 Å². The van der Waals surface area contributed by atoms with Crippen LogP contribution in [-0.2, 0) is 13.9 Å². The van der Waals surface area contributed by atoms with E-state index in [0.29, 0.717) is 25.0 Å². The summed E-state index contributed by atoms with van der Waals surface area (Å²) in [5, 5.41) is 11.2. The SMILES string of the molecule is CCC12CCC(O)C(C#CC(O[Si](C)(C)C(C)(C)C)C3CCCCC3)C1CC21OCCO1. The fraction of sp³-hybridized carbons (Fsp3) is 0.926. The summed E-state index contributed by atoms with van der Waals surface area (Å²) in [7, 11) is -1.93. The molecule has 3 aliphatic carbocycles. The van der Waals surface area contributed by atoms with Crippen LogP contribution in [0, 0.1) is 35.0 Å². The largest absolute Gasteiger partial charge is 0.403 e. The second kappa shape index (κ2) is 9.00. The van der Waals surface area contributed by atoms with E-state index in [2.05, 4.69) is 52.6 Å². The van der Waals surface area contributed by atoms with Gasteiger partial charge in [0.2, 0.25) is 0 Å². The van der Waals surface area contributed by atoms with Gasteiger partial charge in [-0.05, 0) is 62.1 Å². The molecule has 3 saturated carbocycles. The van der Waals surface area contributed by atoms with Gasteiger partial charge in [-0.3, -0.25) is 0 Å². The van der Waals surface area contributed by atoms with Crippen molar-refractivity contribution < 1.29 is 19.0 Å². The van der Waals surface area contributed by atoms with Crippen LogP contribution in [0.15, 0.2) is 0 Å². The van der Waals surface area contributed by atoms with Crippen LogP contribution in [-0.4, -0.2) is 44.6 Å². The van der Waals surface area contributed by atoms with E-state index in [1.165, 1.54) is 32.1 Å². The quantitative estimate of drug-likeness (QED) is 0.418. The van der Waals surface area contributed by atoms with Crippen molar-refractivity contribution in [1.29, 1.82) is 0 Å². The number of ether oxygens (including phenoxy) is 2. The Bertz CT molecular complexity index is 720. The first-order chi connectivity index (χ1) is 15.1. The number of aliphatic hydroxyl groups is 1. The molecule has 1 aliphatic heterocycles. The van der Waals surface area contributed by atoms with Gasteiger partial charge in [0.25, 0.3) is 0 Å². The van der Waals surface area contributed by atoms with Crippen LogP contribution in [0.3, 0.4) is 0 Å². The maximum absolute atomic E-state index is 11.0. The van der Waals surface area contributed by atoms with Gasteiger partial charge in [-0.15, -0.1) is 0 Å². The minimum absolute atomic E-state index is 0.00268. The molecule has 0 bridgehead atoms. The van der Waals surface area contributed by atoms with Crippen LogP contribution in [0.4, 0.5) is 0 Å².